The van der Waals surface area contributed by atoms with Crippen molar-refractivity contribution in [3.63, 3.8) is 0 Å². The number of fused-ring (bicyclic) bond motifs is 1. The van der Waals surface area contributed by atoms with Crippen LogP contribution in [-0.2, 0) is 30.4 Å². The Bertz CT molecular complexity index is 1700. The molecule has 7 N–H and O–H groups in total. The number of pyridine rings is 1. The summed E-state index contributed by atoms with van der Waals surface area (Å²) in [7, 11) is 0. The zero-order chi connectivity index (χ0) is 33.4. The second-order valence-corrected chi connectivity index (χ2v) is 13.6. The molecule has 0 spiro atoms. The van der Waals surface area contributed by atoms with E-state index < -0.39 is 51.9 Å². The molecule has 0 aromatic carbocycles. The summed E-state index contributed by atoms with van der Waals surface area (Å²) in [6.45, 7) is 5.08. The first-order chi connectivity index (χ1) is 21.7. The fraction of sp³-hybridized carbons (Fsp3) is 0.481. The second-order valence-electron chi connectivity index (χ2n) is 11.8. The van der Waals surface area contributed by atoms with Crippen LogP contribution < -0.4 is 16.5 Å². The SMILES string of the molecule is CC(C)(ON=C(C(=O)N[C@@H]1C(=O)N2C(C(=O)O)=C(C[N+]3(CCc4cc(=O)c(O)c[nH]4)CCCC3)CS[C@@H]12)c1nsc(N)n1)C(=O)O. The predicted molar refractivity (Wildman–Crippen MR) is 165 cm³/mol. The number of rotatable bonds is 12. The van der Waals surface area contributed by atoms with Gasteiger partial charge in [0.15, 0.2) is 10.9 Å². The van der Waals surface area contributed by atoms with Crippen molar-refractivity contribution in [2.24, 2.45) is 5.16 Å². The molecule has 2 saturated heterocycles. The number of nitrogen functional groups attached to an aromatic ring is 1. The molecule has 0 bridgehead atoms. The third kappa shape index (κ3) is 6.56. The number of nitrogens with one attached hydrogen (secondary N) is 2. The number of likely N-dealkylation sites (tertiary alicyclic amines) is 1. The van der Waals surface area contributed by atoms with Gasteiger partial charge in [-0.2, -0.15) is 9.36 Å². The Kier molecular flexibility index (Phi) is 9.09. The molecule has 3 aliphatic rings. The first-order valence-corrected chi connectivity index (χ1v) is 16.1. The number of thioether (sulfide) groups is 1. The van der Waals surface area contributed by atoms with Gasteiger partial charge in [-0.25, -0.2) is 9.59 Å². The number of β-lactam (4-membered cyclic amide) rings is 1. The molecule has 246 valence electrons. The van der Waals surface area contributed by atoms with Crippen molar-refractivity contribution in [2.45, 2.75) is 50.1 Å². The molecule has 2 atom stereocenters. The lowest BCUT2D eigenvalue weighted by Gasteiger charge is -2.50. The second kappa shape index (κ2) is 12.7. The van der Waals surface area contributed by atoms with Gasteiger partial charge in [-0.3, -0.25) is 19.3 Å². The molecular weight excluding hydrogens is 644 g/mol. The van der Waals surface area contributed by atoms with Crippen LogP contribution in [0.3, 0.4) is 0 Å². The van der Waals surface area contributed by atoms with E-state index in [1.54, 1.807) is 0 Å². The quantitative estimate of drug-likeness (QED) is 0.0731. The molecule has 2 aromatic rings. The van der Waals surface area contributed by atoms with E-state index in [9.17, 15) is 39.3 Å². The van der Waals surface area contributed by atoms with E-state index >= 15 is 0 Å². The standard InChI is InChI=1S/C27H32N8O9S2/c1-27(2,25(42)43)44-32-17(20-31-26(28)46-33-20)21(38)30-18-22(39)34-19(24(40)41)13(12-45-23(18)34)11-35(6-3-4-7-35)8-5-14-9-15(36)16(37)10-29-14/h9-10,18,23H,3-8,11-12H2,1-2H3,(H6-,28,29,30,31,32,33,36,37,38,40,41,42,43)/p+1/t18-,23+/m1/s1. The van der Waals surface area contributed by atoms with E-state index in [1.807, 2.05) is 0 Å². The van der Waals surface area contributed by atoms with Gasteiger partial charge in [0.05, 0.1) is 19.6 Å². The number of carbonyl (C=O) groups is 4. The van der Waals surface area contributed by atoms with Gasteiger partial charge < -0.3 is 40.7 Å². The lowest BCUT2D eigenvalue weighted by atomic mass is 10.0. The van der Waals surface area contributed by atoms with Gasteiger partial charge in [0.2, 0.25) is 22.6 Å². The smallest absolute Gasteiger partial charge is 0.352 e. The van der Waals surface area contributed by atoms with Gasteiger partial charge in [-0.05, 0) is 13.8 Å². The maximum Gasteiger partial charge on any atom is 0.352 e. The molecule has 2 fully saturated rings. The van der Waals surface area contributed by atoms with Gasteiger partial charge in [0.1, 0.15) is 23.7 Å². The van der Waals surface area contributed by atoms with E-state index in [0.29, 0.717) is 41.0 Å². The van der Waals surface area contributed by atoms with Crippen molar-refractivity contribution < 1.29 is 43.8 Å². The highest BCUT2D eigenvalue weighted by Gasteiger charge is 2.55. The van der Waals surface area contributed by atoms with Crippen LogP contribution in [0.2, 0.25) is 0 Å². The number of aliphatic carboxylic acids is 2. The molecular formula is C27H33N8O9S2+. The molecule has 2 aromatic heterocycles. The number of H-pyrrole nitrogens is 1. The van der Waals surface area contributed by atoms with Crippen molar-refractivity contribution in [3.05, 3.63) is 45.3 Å². The van der Waals surface area contributed by atoms with Crippen LogP contribution in [0.15, 0.2) is 33.5 Å². The number of amides is 2. The lowest BCUT2D eigenvalue weighted by molar-refractivity contribution is -0.912. The topological polar surface area (TPSA) is 250 Å². The molecule has 0 aliphatic carbocycles. The van der Waals surface area contributed by atoms with Gasteiger partial charge >= 0.3 is 11.9 Å². The Morgan fingerprint density at radius 2 is 1.98 bits per heavy atom. The molecule has 0 saturated carbocycles. The molecule has 2 amide bonds. The summed E-state index contributed by atoms with van der Waals surface area (Å²) < 4.78 is 4.53. The number of aromatic nitrogens is 3. The Hall–Kier alpha value is -4.49. The van der Waals surface area contributed by atoms with E-state index in [0.717, 1.165) is 37.5 Å². The Morgan fingerprint density at radius 3 is 2.59 bits per heavy atom. The normalized spacial score (nSPS) is 21.0. The van der Waals surface area contributed by atoms with Crippen LogP contribution in [0, 0.1) is 0 Å². The van der Waals surface area contributed by atoms with Gasteiger partial charge in [-0.1, -0.05) is 5.16 Å². The molecule has 0 unspecified atom stereocenters. The van der Waals surface area contributed by atoms with Crippen molar-refractivity contribution in [3.8, 4) is 5.75 Å². The zero-order valence-corrected chi connectivity index (χ0v) is 26.5. The summed E-state index contributed by atoms with van der Waals surface area (Å²) in [5.74, 6) is -4.46. The summed E-state index contributed by atoms with van der Waals surface area (Å²) in [6, 6.07) is 0.246. The van der Waals surface area contributed by atoms with Crippen molar-refractivity contribution in [2.75, 3.05) is 37.7 Å². The summed E-state index contributed by atoms with van der Waals surface area (Å²) in [5.41, 5.74) is 4.01. The van der Waals surface area contributed by atoms with Crippen LogP contribution in [0.1, 0.15) is 38.2 Å². The minimum absolute atomic E-state index is 0.0142. The number of oxime groups is 1. The Morgan fingerprint density at radius 1 is 1.26 bits per heavy atom. The fourth-order valence-electron chi connectivity index (χ4n) is 5.61. The minimum atomic E-state index is -1.80. The Balaban J connectivity index is 1.33. The molecule has 5 heterocycles. The van der Waals surface area contributed by atoms with Gasteiger partial charge in [-0.15, -0.1) is 11.8 Å². The number of nitrogens with zero attached hydrogens (tertiary/aromatic N) is 5. The number of quaternary nitrogens is 1. The molecule has 17 nitrogen and oxygen atoms in total. The van der Waals surface area contributed by atoms with Crippen LogP contribution in [0.4, 0.5) is 5.13 Å². The van der Waals surface area contributed by atoms with Crippen molar-refractivity contribution >= 4 is 57.9 Å². The number of hydrogen-bond acceptors (Lipinski definition) is 13. The van der Waals surface area contributed by atoms with Gasteiger partial charge in [0, 0.05) is 60.1 Å². The predicted octanol–water partition coefficient (Wildman–Crippen LogP) is -0.310. The van der Waals surface area contributed by atoms with Crippen LogP contribution in [0.5, 0.6) is 5.75 Å². The van der Waals surface area contributed by atoms with Crippen molar-refractivity contribution in [1.82, 2.24) is 24.6 Å². The largest absolute Gasteiger partial charge is 0.503 e. The summed E-state index contributed by atoms with van der Waals surface area (Å²) in [4.78, 5) is 75.7. The summed E-state index contributed by atoms with van der Waals surface area (Å²) in [6.07, 6.45) is 3.66. The number of hydrogen-bond donors (Lipinski definition) is 6. The minimum Gasteiger partial charge on any atom is -0.503 e. The van der Waals surface area contributed by atoms with Crippen LogP contribution >= 0.6 is 23.3 Å². The first-order valence-electron chi connectivity index (χ1n) is 14.3. The van der Waals surface area contributed by atoms with E-state index in [-0.39, 0.29) is 22.4 Å². The monoisotopic (exact) mass is 677 g/mol. The summed E-state index contributed by atoms with van der Waals surface area (Å²) >= 11 is 2.09. The van der Waals surface area contributed by atoms with Gasteiger partial charge in [0.25, 0.3) is 11.8 Å². The molecule has 0 radical (unpaired) electrons. The Labute approximate surface area is 269 Å². The van der Waals surface area contributed by atoms with E-state index in [2.05, 4.69) is 24.8 Å². The molecule has 46 heavy (non-hydrogen) atoms. The van der Waals surface area contributed by atoms with E-state index in [1.165, 1.54) is 42.8 Å². The number of aromatic hydroxyl groups is 1. The highest BCUT2D eigenvalue weighted by atomic mass is 32.2. The molecule has 19 heteroatoms. The number of carboxylic acids is 2. The number of carbonyl (C=O) groups excluding carboxylic acids is 2. The van der Waals surface area contributed by atoms with Crippen LogP contribution in [-0.4, -0.2) is 117 Å². The maximum atomic E-state index is 13.4. The highest BCUT2D eigenvalue weighted by Crippen LogP contribution is 2.41. The third-order valence-corrected chi connectivity index (χ3v) is 10.0. The number of nitrogens with two attached hydrogens (primary N) is 1. The average Bonchev–Trinajstić information content (AvgIpc) is 3.65. The first kappa shape index (κ1) is 32.9. The highest BCUT2D eigenvalue weighted by molar-refractivity contribution is 8.00. The third-order valence-electron chi connectivity index (χ3n) is 8.13. The number of aromatic amines is 1. The molecule has 3 aliphatic heterocycles. The lowest BCUT2D eigenvalue weighted by Crippen LogP contribution is -2.71. The summed E-state index contributed by atoms with van der Waals surface area (Å²) in [5, 5.41) is 34.7. The molecule has 5 rings (SSSR count). The van der Waals surface area contributed by atoms with Crippen LogP contribution in [0.25, 0.3) is 0 Å². The van der Waals surface area contributed by atoms with Crippen molar-refractivity contribution in [1.29, 1.82) is 0 Å². The number of carboxylic acid groups (broad SMARTS) is 2. The van der Waals surface area contributed by atoms with E-state index in [4.69, 9.17) is 10.6 Å². The average molecular weight is 678 g/mol. The zero-order valence-electron chi connectivity index (χ0n) is 24.9. The fourth-order valence-corrected chi connectivity index (χ4v) is 7.38. The number of anilines is 1. The maximum absolute atomic E-state index is 13.4.